The van der Waals surface area contributed by atoms with Crippen molar-refractivity contribution >= 4 is 17.9 Å². The van der Waals surface area contributed by atoms with Crippen LogP contribution in [-0.2, 0) is 6.42 Å². The quantitative estimate of drug-likeness (QED) is 0.201. The zero-order valence-electron chi connectivity index (χ0n) is 21.3. The van der Waals surface area contributed by atoms with E-state index in [0.717, 1.165) is 17.2 Å². The Balaban J connectivity index is 1.89. The lowest BCUT2D eigenvalue weighted by molar-refractivity contribution is 0.104. The average molecular weight is 509 g/mol. The first-order valence-corrected chi connectivity index (χ1v) is 11.3. The summed E-state index contributed by atoms with van der Waals surface area (Å²) in [4.78, 5) is 12.5. The average Bonchev–Trinajstić information content (AvgIpc) is 2.91. The molecule has 194 valence electrons. The van der Waals surface area contributed by atoms with Crippen molar-refractivity contribution < 1.29 is 38.0 Å². The summed E-state index contributed by atoms with van der Waals surface area (Å²) in [5.41, 5.74) is 2.49. The van der Waals surface area contributed by atoms with Crippen LogP contribution in [0.15, 0.2) is 54.6 Å². The van der Waals surface area contributed by atoms with Crippen LogP contribution in [0.1, 0.15) is 27.0 Å². The predicted molar refractivity (Wildman–Crippen MR) is 140 cm³/mol. The van der Waals surface area contributed by atoms with Crippen LogP contribution < -0.4 is 23.7 Å². The van der Waals surface area contributed by atoms with E-state index < -0.39 is 5.82 Å². The third kappa shape index (κ3) is 6.41. The molecule has 0 bridgehead atoms. The van der Waals surface area contributed by atoms with Gasteiger partial charge in [-0.15, -0.1) is 0 Å². The van der Waals surface area contributed by atoms with Gasteiger partial charge in [-0.25, -0.2) is 4.39 Å². The second kappa shape index (κ2) is 12.5. The van der Waals surface area contributed by atoms with Gasteiger partial charge in [-0.05, 0) is 71.7 Å². The fourth-order valence-electron chi connectivity index (χ4n) is 3.71. The number of carbonyl (C=O) groups excluding carboxylic acids is 1. The van der Waals surface area contributed by atoms with Crippen LogP contribution in [0, 0.1) is 5.82 Å². The molecule has 3 aromatic rings. The number of ketones is 1. The van der Waals surface area contributed by atoms with Crippen molar-refractivity contribution in [2.75, 3.05) is 35.5 Å². The minimum absolute atomic E-state index is 0.0236. The molecule has 37 heavy (non-hydrogen) atoms. The molecule has 3 aromatic carbocycles. The summed E-state index contributed by atoms with van der Waals surface area (Å²) in [7, 11) is 7.43. The summed E-state index contributed by atoms with van der Waals surface area (Å²) in [5, 5.41) is 10.3. The van der Waals surface area contributed by atoms with Crippen LogP contribution in [0.4, 0.5) is 4.39 Å². The molecule has 0 unspecified atom stereocenters. The molecule has 0 heterocycles. The molecule has 0 aliphatic rings. The number of carbonyl (C=O) groups is 1. The van der Waals surface area contributed by atoms with Crippen molar-refractivity contribution in [3.63, 3.8) is 0 Å². The number of rotatable bonds is 11. The highest BCUT2D eigenvalue weighted by atomic mass is 19.1. The fourth-order valence-corrected chi connectivity index (χ4v) is 3.71. The number of phenolic OH excluding ortho intramolecular Hbond substituents is 1. The molecule has 0 radical (unpaired) electrons. The first kappa shape index (κ1) is 27.1. The van der Waals surface area contributed by atoms with Crippen molar-refractivity contribution in [2.45, 2.75) is 6.42 Å². The minimum atomic E-state index is -0.607. The summed E-state index contributed by atoms with van der Waals surface area (Å²) in [6, 6.07) is 10.9. The molecular weight excluding hydrogens is 479 g/mol. The second-order valence-corrected chi connectivity index (χ2v) is 7.83. The Morgan fingerprint density at radius 1 is 0.811 bits per heavy atom. The van der Waals surface area contributed by atoms with E-state index in [0.29, 0.717) is 35.0 Å². The van der Waals surface area contributed by atoms with Crippen molar-refractivity contribution in [3.05, 3.63) is 82.7 Å². The van der Waals surface area contributed by atoms with Gasteiger partial charge >= 0.3 is 0 Å². The maximum Gasteiger partial charge on any atom is 0.203 e. The summed E-state index contributed by atoms with van der Waals surface area (Å²) in [6.07, 6.45) is 7.07. The number of allylic oxidation sites excluding steroid dienone is 2. The van der Waals surface area contributed by atoms with E-state index in [1.54, 1.807) is 44.6 Å². The Hall–Kier alpha value is -4.46. The summed E-state index contributed by atoms with van der Waals surface area (Å²) in [5.74, 6) is 0.899. The van der Waals surface area contributed by atoms with Gasteiger partial charge in [0.25, 0.3) is 0 Å². The van der Waals surface area contributed by atoms with Gasteiger partial charge in [0.05, 0.1) is 35.5 Å². The number of ether oxygens (including phenoxy) is 5. The Labute approximate surface area is 215 Å². The van der Waals surface area contributed by atoms with Crippen molar-refractivity contribution in [1.29, 1.82) is 0 Å². The van der Waals surface area contributed by atoms with E-state index in [4.69, 9.17) is 23.7 Å². The zero-order chi connectivity index (χ0) is 26.9. The Morgan fingerprint density at radius 3 is 2.03 bits per heavy atom. The van der Waals surface area contributed by atoms with Crippen molar-refractivity contribution in [1.82, 2.24) is 0 Å². The lowest BCUT2D eigenvalue weighted by atomic mass is 10.0. The second-order valence-electron chi connectivity index (χ2n) is 7.83. The third-order valence-electron chi connectivity index (χ3n) is 5.63. The first-order valence-electron chi connectivity index (χ1n) is 11.3. The number of benzene rings is 3. The summed E-state index contributed by atoms with van der Waals surface area (Å²) < 4.78 is 40.3. The van der Waals surface area contributed by atoms with Crippen LogP contribution in [-0.4, -0.2) is 46.4 Å². The van der Waals surface area contributed by atoms with Gasteiger partial charge in [0.2, 0.25) is 5.75 Å². The smallest absolute Gasteiger partial charge is 0.203 e. The molecule has 0 aliphatic heterocycles. The molecule has 0 saturated carbocycles. The molecule has 0 fully saturated rings. The van der Waals surface area contributed by atoms with Crippen LogP contribution in [0.3, 0.4) is 0 Å². The maximum atomic E-state index is 14.0. The Kier molecular flexibility index (Phi) is 9.16. The molecule has 7 nitrogen and oxygen atoms in total. The third-order valence-corrected chi connectivity index (χ3v) is 5.63. The highest BCUT2D eigenvalue weighted by Gasteiger charge is 2.13. The number of hydrogen-bond donors (Lipinski definition) is 1. The van der Waals surface area contributed by atoms with E-state index in [1.807, 2.05) is 12.2 Å². The lowest BCUT2D eigenvalue weighted by Gasteiger charge is -2.13. The number of phenols is 1. The molecule has 8 heteroatoms. The monoisotopic (exact) mass is 508 g/mol. The summed E-state index contributed by atoms with van der Waals surface area (Å²) >= 11 is 0. The van der Waals surface area contributed by atoms with Gasteiger partial charge in [0.1, 0.15) is 0 Å². The van der Waals surface area contributed by atoms with E-state index in [1.165, 1.54) is 39.5 Å². The van der Waals surface area contributed by atoms with E-state index in [-0.39, 0.29) is 22.8 Å². The Morgan fingerprint density at radius 2 is 1.46 bits per heavy atom. The molecular formula is C29H29FO7. The number of hydrogen-bond acceptors (Lipinski definition) is 7. The van der Waals surface area contributed by atoms with Gasteiger partial charge in [-0.3, -0.25) is 4.79 Å². The van der Waals surface area contributed by atoms with E-state index in [9.17, 15) is 14.3 Å². The first-order chi connectivity index (χ1) is 17.8. The molecule has 0 spiro atoms. The molecule has 0 aromatic heterocycles. The molecule has 0 amide bonds. The number of aromatic hydroxyl groups is 1. The van der Waals surface area contributed by atoms with Crippen LogP contribution in [0.2, 0.25) is 0 Å². The van der Waals surface area contributed by atoms with E-state index >= 15 is 0 Å². The fraction of sp³-hybridized carbons (Fsp3) is 0.207. The number of halogens is 1. The van der Waals surface area contributed by atoms with Gasteiger partial charge in [0, 0.05) is 5.56 Å². The molecule has 0 saturated heterocycles. The lowest BCUT2D eigenvalue weighted by Crippen LogP contribution is -1.98. The standard InChI is InChI=1S/C29H29FO7/c1-33-25-12-11-21(15-22(25)30)23(31)8-6-7-19-17-26(34-2)24(32)16-20(19)10-9-18-13-27(35-3)29(37-5)28(14-18)36-4/h6,8-17,32H,7H2,1-5H3/b8-6-,10-9-. The van der Waals surface area contributed by atoms with Crippen molar-refractivity contribution in [2.24, 2.45) is 0 Å². The van der Waals surface area contributed by atoms with Gasteiger partial charge in [-0.1, -0.05) is 18.2 Å². The highest BCUT2D eigenvalue weighted by molar-refractivity contribution is 6.04. The Bertz CT molecular complexity index is 1300. The van der Waals surface area contributed by atoms with Crippen LogP contribution >= 0.6 is 0 Å². The summed E-state index contributed by atoms with van der Waals surface area (Å²) in [6.45, 7) is 0. The molecule has 0 aliphatic carbocycles. The van der Waals surface area contributed by atoms with Crippen molar-refractivity contribution in [3.8, 4) is 34.5 Å². The van der Waals surface area contributed by atoms with Gasteiger partial charge < -0.3 is 28.8 Å². The van der Waals surface area contributed by atoms with Gasteiger partial charge in [0.15, 0.2) is 40.3 Å². The molecule has 1 N–H and O–H groups in total. The predicted octanol–water partition coefficient (Wildman–Crippen LogP) is 5.73. The molecule has 0 atom stereocenters. The topological polar surface area (TPSA) is 83.5 Å². The minimum Gasteiger partial charge on any atom is -0.504 e. The largest absolute Gasteiger partial charge is 0.504 e. The van der Waals surface area contributed by atoms with Crippen LogP contribution in [0.25, 0.3) is 12.2 Å². The normalized spacial score (nSPS) is 11.1. The van der Waals surface area contributed by atoms with Crippen LogP contribution in [0.5, 0.6) is 34.5 Å². The zero-order valence-corrected chi connectivity index (χ0v) is 21.3. The maximum absolute atomic E-state index is 14.0. The van der Waals surface area contributed by atoms with E-state index in [2.05, 4.69) is 0 Å². The number of methoxy groups -OCH3 is 5. The highest BCUT2D eigenvalue weighted by Crippen LogP contribution is 2.39. The SMILES string of the molecule is COc1cc(C/C=C\C(=O)c2ccc(OC)c(F)c2)c(/C=C\c2cc(OC)c(OC)c(OC)c2)cc1O. The molecule has 3 rings (SSSR count). The van der Waals surface area contributed by atoms with Gasteiger partial charge in [-0.2, -0.15) is 0 Å².